The van der Waals surface area contributed by atoms with Crippen LogP contribution in [-0.4, -0.2) is 37.4 Å². The van der Waals surface area contributed by atoms with Crippen LogP contribution >= 0.6 is 0 Å². The molecule has 20 heavy (non-hydrogen) atoms. The van der Waals surface area contributed by atoms with Crippen LogP contribution in [-0.2, 0) is 28.8 Å². The predicted molar refractivity (Wildman–Crippen MR) is 77.7 cm³/mol. The fourth-order valence-corrected chi connectivity index (χ4v) is 2.57. The van der Waals surface area contributed by atoms with Crippen molar-refractivity contribution in [3.05, 3.63) is 34.9 Å². The van der Waals surface area contributed by atoms with E-state index < -0.39 is 0 Å². The SMILES string of the molecule is O=C(Cc1ccc2c(c1)CCCC2)NCCOCCO. The average molecular weight is 277 g/mol. The molecule has 1 amide bonds. The Morgan fingerprint density at radius 3 is 2.80 bits per heavy atom. The molecule has 0 aliphatic heterocycles. The van der Waals surface area contributed by atoms with Gasteiger partial charge >= 0.3 is 0 Å². The highest BCUT2D eigenvalue weighted by Gasteiger charge is 2.10. The number of fused-ring (bicyclic) bond motifs is 1. The Hall–Kier alpha value is -1.39. The number of hydrogen-bond acceptors (Lipinski definition) is 3. The van der Waals surface area contributed by atoms with Crippen molar-refractivity contribution < 1.29 is 14.6 Å². The van der Waals surface area contributed by atoms with Crippen molar-refractivity contribution in [3.8, 4) is 0 Å². The number of aryl methyl sites for hydroxylation is 2. The number of aliphatic hydroxyl groups is 1. The van der Waals surface area contributed by atoms with Crippen LogP contribution in [0.3, 0.4) is 0 Å². The first-order chi connectivity index (χ1) is 9.79. The molecule has 1 aromatic carbocycles. The van der Waals surface area contributed by atoms with E-state index >= 15 is 0 Å². The second kappa shape index (κ2) is 8.02. The summed E-state index contributed by atoms with van der Waals surface area (Å²) < 4.78 is 5.09. The molecule has 0 atom stereocenters. The highest BCUT2D eigenvalue weighted by molar-refractivity contribution is 5.78. The molecule has 0 fully saturated rings. The Labute approximate surface area is 120 Å². The number of amides is 1. The lowest BCUT2D eigenvalue weighted by atomic mass is 9.90. The van der Waals surface area contributed by atoms with Crippen LogP contribution in [0.25, 0.3) is 0 Å². The second-order valence-corrected chi connectivity index (χ2v) is 5.17. The van der Waals surface area contributed by atoms with E-state index in [0.29, 0.717) is 26.2 Å². The monoisotopic (exact) mass is 277 g/mol. The molecule has 0 unspecified atom stereocenters. The number of aliphatic hydroxyl groups excluding tert-OH is 1. The van der Waals surface area contributed by atoms with Gasteiger partial charge in [-0.15, -0.1) is 0 Å². The molecule has 4 heteroatoms. The van der Waals surface area contributed by atoms with Crippen LogP contribution in [0, 0.1) is 0 Å². The van der Waals surface area contributed by atoms with E-state index in [-0.39, 0.29) is 12.5 Å². The molecule has 0 spiro atoms. The summed E-state index contributed by atoms with van der Waals surface area (Å²) in [6, 6.07) is 6.41. The summed E-state index contributed by atoms with van der Waals surface area (Å²) in [6.45, 7) is 1.27. The maximum absolute atomic E-state index is 11.8. The Morgan fingerprint density at radius 2 is 2.00 bits per heavy atom. The molecule has 4 nitrogen and oxygen atoms in total. The van der Waals surface area contributed by atoms with Crippen LogP contribution in [0.4, 0.5) is 0 Å². The van der Waals surface area contributed by atoms with Gasteiger partial charge in [0.15, 0.2) is 0 Å². The first kappa shape index (κ1) is 15.0. The summed E-state index contributed by atoms with van der Waals surface area (Å²) in [7, 11) is 0. The van der Waals surface area contributed by atoms with E-state index in [4.69, 9.17) is 9.84 Å². The molecule has 1 aromatic rings. The highest BCUT2D eigenvalue weighted by atomic mass is 16.5. The van der Waals surface area contributed by atoms with Gasteiger partial charge in [-0.25, -0.2) is 0 Å². The first-order valence-electron chi connectivity index (χ1n) is 7.35. The molecule has 0 heterocycles. The van der Waals surface area contributed by atoms with Crippen LogP contribution < -0.4 is 5.32 Å². The second-order valence-electron chi connectivity index (χ2n) is 5.17. The molecule has 1 aliphatic carbocycles. The van der Waals surface area contributed by atoms with E-state index in [9.17, 15) is 4.79 Å². The number of nitrogens with one attached hydrogen (secondary N) is 1. The molecule has 0 aromatic heterocycles. The molecule has 0 saturated carbocycles. The molecular formula is C16H23NO3. The van der Waals surface area contributed by atoms with Crippen LogP contribution in [0.5, 0.6) is 0 Å². The fraction of sp³-hybridized carbons (Fsp3) is 0.562. The minimum Gasteiger partial charge on any atom is -0.394 e. The lowest BCUT2D eigenvalue weighted by Gasteiger charge is -2.16. The van der Waals surface area contributed by atoms with Gasteiger partial charge in [0.25, 0.3) is 0 Å². The van der Waals surface area contributed by atoms with Gasteiger partial charge in [0.05, 0.1) is 26.2 Å². The Balaban J connectivity index is 1.76. The lowest BCUT2D eigenvalue weighted by Crippen LogP contribution is -2.29. The van der Waals surface area contributed by atoms with Gasteiger partial charge in [-0.05, 0) is 42.4 Å². The number of carbonyl (C=O) groups is 1. The minimum absolute atomic E-state index is 0.0169. The largest absolute Gasteiger partial charge is 0.394 e. The zero-order valence-electron chi connectivity index (χ0n) is 11.9. The normalized spacial score (nSPS) is 13.8. The van der Waals surface area contributed by atoms with Crippen molar-refractivity contribution in [1.82, 2.24) is 5.32 Å². The predicted octanol–water partition coefficient (Wildman–Crippen LogP) is 1.23. The smallest absolute Gasteiger partial charge is 0.224 e. The molecule has 1 aliphatic rings. The van der Waals surface area contributed by atoms with Gasteiger partial charge in [0.2, 0.25) is 5.91 Å². The summed E-state index contributed by atoms with van der Waals surface area (Å²) in [6.07, 6.45) is 5.27. The average Bonchev–Trinajstić information content (AvgIpc) is 2.47. The van der Waals surface area contributed by atoms with Crippen molar-refractivity contribution in [2.24, 2.45) is 0 Å². The van der Waals surface area contributed by atoms with Crippen molar-refractivity contribution in [2.75, 3.05) is 26.4 Å². The molecule has 110 valence electrons. The Morgan fingerprint density at radius 1 is 1.20 bits per heavy atom. The number of benzene rings is 1. The van der Waals surface area contributed by atoms with Gasteiger partial charge in [-0.3, -0.25) is 4.79 Å². The molecule has 0 saturated heterocycles. The number of carbonyl (C=O) groups excluding carboxylic acids is 1. The zero-order chi connectivity index (χ0) is 14.2. The van der Waals surface area contributed by atoms with Gasteiger partial charge in [-0.2, -0.15) is 0 Å². The minimum atomic E-state index is 0.0169. The molecule has 2 N–H and O–H groups in total. The number of rotatable bonds is 7. The van der Waals surface area contributed by atoms with Crippen molar-refractivity contribution in [2.45, 2.75) is 32.1 Å². The van der Waals surface area contributed by atoms with Crippen LogP contribution in [0.15, 0.2) is 18.2 Å². The molecular weight excluding hydrogens is 254 g/mol. The maximum atomic E-state index is 11.8. The maximum Gasteiger partial charge on any atom is 0.224 e. The van der Waals surface area contributed by atoms with E-state index in [0.717, 1.165) is 12.0 Å². The molecule has 0 radical (unpaired) electrons. The van der Waals surface area contributed by atoms with Crippen LogP contribution in [0.1, 0.15) is 29.5 Å². The fourth-order valence-electron chi connectivity index (χ4n) is 2.57. The van der Waals surface area contributed by atoms with Gasteiger partial charge in [0.1, 0.15) is 0 Å². The summed E-state index contributed by atoms with van der Waals surface area (Å²) in [5.41, 5.74) is 3.94. The third-order valence-electron chi connectivity index (χ3n) is 3.58. The number of ether oxygens (including phenoxy) is 1. The Bertz CT molecular complexity index is 445. The van der Waals surface area contributed by atoms with Gasteiger partial charge < -0.3 is 15.2 Å². The van der Waals surface area contributed by atoms with E-state index in [1.54, 1.807) is 0 Å². The summed E-state index contributed by atoms with van der Waals surface area (Å²) in [5.74, 6) is 0.0216. The summed E-state index contributed by atoms with van der Waals surface area (Å²) in [5, 5.41) is 11.4. The highest BCUT2D eigenvalue weighted by Crippen LogP contribution is 2.22. The van der Waals surface area contributed by atoms with Crippen LogP contribution in [0.2, 0.25) is 0 Å². The standard InChI is InChI=1S/C16H23NO3/c18-8-10-20-9-7-17-16(19)12-13-5-6-14-3-1-2-4-15(14)11-13/h5-6,11,18H,1-4,7-10,12H2,(H,17,19). The topological polar surface area (TPSA) is 58.6 Å². The molecule has 0 bridgehead atoms. The Kier molecular flexibility index (Phi) is 6.02. The van der Waals surface area contributed by atoms with Crippen molar-refractivity contribution in [1.29, 1.82) is 0 Å². The third-order valence-corrected chi connectivity index (χ3v) is 3.58. The van der Waals surface area contributed by atoms with Gasteiger partial charge in [0, 0.05) is 6.54 Å². The van der Waals surface area contributed by atoms with E-state index in [2.05, 4.69) is 23.5 Å². The molecule has 2 rings (SSSR count). The van der Waals surface area contributed by atoms with E-state index in [1.165, 1.54) is 30.4 Å². The quantitative estimate of drug-likeness (QED) is 0.737. The summed E-state index contributed by atoms with van der Waals surface area (Å²) >= 11 is 0. The lowest BCUT2D eigenvalue weighted by molar-refractivity contribution is -0.120. The third kappa shape index (κ3) is 4.62. The summed E-state index contributed by atoms with van der Waals surface area (Å²) in [4.78, 5) is 11.8. The first-order valence-corrected chi connectivity index (χ1v) is 7.35. The van der Waals surface area contributed by atoms with Crippen molar-refractivity contribution >= 4 is 5.91 Å². The zero-order valence-corrected chi connectivity index (χ0v) is 11.9. The van der Waals surface area contributed by atoms with Gasteiger partial charge in [-0.1, -0.05) is 18.2 Å². The van der Waals surface area contributed by atoms with Crippen molar-refractivity contribution in [3.63, 3.8) is 0 Å². The number of hydrogen-bond donors (Lipinski definition) is 2. The van der Waals surface area contributed by atoms with E-state index in [1.807, 2.05) is 0 Å².